The van der Waals surface area contributed by atoms with Crippen molar-refractivity contribution in [2.24, 2.45) is 5.41 Å². The summed E-state index contributed by atoms with van der Waals surface area (Å²) in [4.78, 5) is 15.5. The van der Waals surface area contributed by atoms with Gasteiger partial charge in [0.1, 0.15) is 0 Å². The minimum Gasteiger partial charge on any atom is -0.351 e. The Balaban J connectivity index is 2.51. The predicted octanol–water partition coefficient (Wildman–Crippen LogP) is 2.23. The first-order valence-corrected chi connectivity index (χ1v) is 5.91. The lowest BCUT2D eigenvalue weighted by atomic mass is 9.97. The van der Waals surface area contributed by atoms with Gasteiger partial charge in [0.15, 0.2) is 0 Å². The third-order valence-electron chi connectivity index (χ3n) is 2.01. The summed E-state index contributed by atoms with van der Waals surface area (Å²) in [6, 6.07) is 3.51. The van der Waals surface area contributed by atoms with Crippen LogP contribution in [0.1, 0.15) is 24.2 Å². The summed E-state index contributed by atoms with van der Waals surface area (Å²) < 4.78 is 0. The average molecular weight is 271 g/mol. The molecule has 0 saturated carbocycles. The van der Waals surface area contributed by atoms with Gasteiger partial charge in [0.05, 0.1) is 5.56 Å². The molecule has 1 heterocycles. The van der Waals surface area contributed by atoms with Crippen molar-refractivity contribution in [3.8, 4) is 0 Å². The molecule has 0 aliphatic rings. The summed E-state index contributed by atoms with van der Waals surface area (Å²) in [5.41, 5.74) is 0.667. The molecule has 1 rings (SSSR count). The van der Waals surface area contributed by atoms with Gasteiger partial charge in [-0.1, -0.05) is 29.8 Å². The molecule has 3 nitrogen and oxygen atoms in total. The van der Waals surface area contributed by atoms with E-state index in [1.54, 1.807) is 24.5 Å². The monoisotopic (exact) mass is 270 g/mol. The van der Waals surface area contributed by atoms with Crippen LogP contribution in [0.25, 0.3) is 0 Å². The highest BCUT2D eigenvalue weighted by atomic mass is 79.9. The van der Waals surface area contributed by atoms with Crippen LogP contribution in [-0.4, -0.2) is 22.8 Å². The van der Waals surface area contributed by atoms with E-state index in [1.165, 1.54) is 0 Å². The maximum atomic E-state index is 11.6. The Bertz CT molecular complexity index is 325. The Morgan fingerprint density at radius 2 is 2.33 bits per heavy atom. The summed E-state index contributed by atoms with van der Waals surface area (Å²) in [5.74, 6) is -0.0721. The zero-order chi connectivity index (χ0) is 11.3. The second-order valence-electron chi connectivity index (χ2n) is 4.22. The van der Waals surface area contributed by atoms with Gasteiger partial charge < -0.3 is 5.32 Å². The molecule has 0 radical (unpaired) electrons. The first-order chi connectivity index (χ1) is 7.05. The highest BCUT2D eigenvalue weighted by molar-refractivity contribution is 9.09. The molecular weight excluding hydrogens is 256 g/mol. The molecule has 0 fully saturated rings. The number of aromatic nitrogens is 1. The smallest absolute Gasteiger partial charge is 0.252 e. The van der Waals surface area contributed by atoms with E-state index in [0.717, 1.165) is 5.33 Å². The lowest BCUT2D eigenvalue weighted by Crippen LogP contribution is -2.34. The van der Waals surface area contributed by atoms with E-state index < -0.39 is 0 Å². The zero-order valence-electron chi connectivity index (χ0n) is 8.96. The molecule has 1 amide bonds. The molecular formula is C11H15BrN2O. The largest absolute Gasteiger partial charge is 0.351 e. The summed E-state index contributed by atoms with van der Waals surface area (Å²) in [6.07, 6.45) is 3.22. The molecule has 0 aliphatic heterocycles. The maximum absolute atomic E-state index is 11.6. The fraction of sp³-hybridized carbons (Fsp3) is 0.455. The van der Waals surface area contributed by atoms with Crippen molar-refractivity contribution in [1.82, 2.24) is 10.3 Å². The number of carbonyl (C=O) groups excluding carboxylic acids is 1. The number of hydrogen-bond donors (Lipinski definition) is 1. The molecule has 1 aromatic rings. The molecule has 0 aliphatic carbocycles. The number of alkyl halides is 1. The predicted molar refractivity (Wildman–Crippen MR) is 64.1 cm³/mol. The Labute approximate surface area is 98.4 Å². The van der Waals surface area contributed by atoms with Gasteiger partial charge in [0.2, 0.25) is 0 Å². The SMILES string of the molecule is CC(C)(CBr)CNC(=O)c1cccnc1. The molecule has 1 aromatic heterocycles. The fourth-order valence-electron chi connectivity index (χ4n) is 0.966. The van der Waals surface area contributed by atoms with Crippen molar-refractivity contribution < 1.29 is 4.79 Å². The lowest BCUT2D eigenvalue weighted by Gasteiger charge is -2.21. The molecule has 0 atom stereocenters. The van der Waals surface area contributed by atoms with Crippen molar-refractivity contribution >= 4 is 21.8 Å². The van der Waals surface area contributed by atoms with Crippen LogP contribution in [0, 0.1) is 5.41 Å². The number of nitrogens with zero attached hydrogens (tertiary/aromatic N) is 1. The minimum atomic E-state index is -0.0721. The fourth-order valence-corrected chi connectivity index (χ4v) is 1.16. The first kappa shape index (κ1) is 12.2. The number of carbonyl (C=O) groups is 1. The number of pyridine rings is 1. The van der Waals surface area contributed by atoms with Crippen LogP contribution < -0.4 is 5.32 Å². The van der Waals surface area contributed by atoms with E-state index in [4.69, 9.17) is 0 Å². The van der Waals surface area contributed by atoms with E-state index in [0.29, 0.717) is 12.1 Å². The Kier molecular flexibility index (Phi) is 4.27. The zero-order valence-corrected chi connectivity index (χ0v) is 10.5. The summed E-state index contributed by atoms with van der Waals surface area (Å²) in [7, 11) is 0. The highest BCUT2D eigenvalue weighted by Crippen LogP contribution is 2.16. The van der Waals surface area contributed by atoms with Gasteiger partial charge in [-0.15, -0.1) is 0 Å². The Morgan fingerprint density at radius 3 is 2.87 bits per heavy atom. The van der Waals surface area contributed by atoms with E-state index in [1.807, 2.05) is 0 Å². The lowest BCUT2D eigenvalue weighted by molar-refractivity contribution is 0.0940. The Hall–Kier alpha value is -0.900. The number of rotatable bonds is 4. The summed E-state index contributed by atoms with van der Waals surface area (Å²) >= 11 is 3.41. The molecule has 1 N–H and O–H groups in total. The number of halogens is 1. The second kappa shape index (κ2) is 5.26. The van der Waals surface area contributed by atoms with Crippen LogP contribution in [0.3, 0.4) is 0 Å². The van der Waals surface area contributed by atoms with Crippen molar-refractivity contribution in [3.63, 3.8) is 0 Å². The third-order valence-corrected chi connectivity index (χ3v) is 3.53. The molecule has 0 saturated heterocycles. The maximum Gasteiger partial charge on any atom is 0.252 e. The second-order valence-corrected chi connectivity index (χ2v) is 4.78. The van der Waals surface area contributed by atoms with Gasteiger partial charge in [-0.3, -0.25) is 9.78 Å². The number of amides is 1. The van der Waals surface area contributed by atoms with Gasteiger partial charge >= 0.3 is 0 Å². The Morgan fingerprint density at radius 1 is 1.60 bits per heavy atom. The van der Waals surface area contributed by atoms with Crippen LogP contribution in [0.15, 0.2) is 24.5 Å². The van der Waals surface area contributed by atoms with Gasteiger partial charge in [-0.05, 0) is 17.5 Å². The highest BCUT2D eigenvalue weighted by Gasteiger charge is 2.17. The van der Waals surface area contributed by atoms with Gasteiger partial charge in [0.25, 0.3) is 5.91 Å². The van der Waals surface area contributed by atoms with Crippen LogP contribution in [0.2, 0.25) is 0 Å². The molecule has 0 spiro atoms. The standard InChI is InChI=1S/C11H15BrN2O/c1-11(2,7-12)8-14-10(15)9-4-3-5-13-6-9/h3-6H,7-8H2,1-2H3,(H,14,15). The molecule has 4 heteroatoms. The van der Waals surface area contributed by atoms with Gasteiger partial charge in [-0.2, -0.15) is 0 Å². The van der Waals surface area contributed by atoms with E-state index in [9.17, 15) is 4.79 Å². The van der Waals surface area contributed by atoms with Crippen LogP contribution in [0.5, 0.6) is 0 Å². The van der Waals surface area contributed by atoms with Gasteiger partial charge in [-0.25, -0.2) is 0 Å². The van der Waals surface area contributed by atoms with Crippen molar-refractivity contribution in [1.29, 1.82) is 0 Å². The van der Waals surface area contributed by atoms with E-state index >= 15 is 0 Å². The molecule has 82 valence electrons. The summed E-state index contributed by atoms with van der Waals surface area (Å²) in [5, 5.41) is 3.74. The normalized spacial score (nSPS) is 11.1. The summed E-state index contributed by atoms with van der Waals surface area (Å²) in [6.45, 7) is 4.82. The van der Waals surface area contributed by atoms with Crippen LogP contribution >= 0.6 is 15.9 Å². The third kappa shape index (κ3) is 4.00. The van der Waals surface area contributed by atoms with E-state index in [-0.39, 0.29) is 11.3 Å². The molecule has 15 heavy (non-hydrogen) atoms. The van der Waals surface area contributed by atoms with Crippen molar-refractivity contribution in [3.05, 3.63) is 30.1 Å². The molecule has 0 bridgehead atoms. The number of nitrogens with one attached hydrogen (secondary N) is 1. The van der Waals surface area contributed by atoms with Crippen LogP contribution in [-0.2, 0) is 0 Å². The quantitative estimate of drug-likeness (QED) is 0.853. The molecule has 0 aromatic carbocycles. The van der Waals surface area contributed by atoms with Crippen molar-refractivity contribution in [2.45, 2.75) is 13.8 Å². The minimum absolute atomic E-state index is 0.0673. The molecule has 0 unspecified atom stereocenters. The van der Waals surface area contributed by atoms with Gasteiger partial charge in [0, 0.05) is 24.3 Å². The average Bonchev–Trinajstić information content (AvgIpc) is 2.27. The van der Waals surface area contributed by atoms with E-state index in [2.05, 4.69) is 40.1 Å². The van der Waals surface area contributed by atoms with Crippen molar-refractivity contribution in [2.75, 3.05) is 11.9 Å². The topological polar surface area (TPSA) is 42.0 Å². The first-order valence-electron chi connectivity index (χ1n) is 4.79. The van der Waals surface area contributed by atoms with Crippen LogP contribution in [0.4, 0.5) is 0 Å². The number of hydrogen-bond acceptors (Lipinski definition) is 2.